The number of hydrogen-bond acceptors (Lipinski definition) is 8. The van der Waals surface area contributed by atoms with Crippen molar-refractivity contribution >= 4 is 47.2 Å². The van der Waals surface area contributed by atoms with Crippen LogP contribution in [0.25, 0.3) is 16.5 Å². The summed E-state index contributed by atoms with van der Waals surface area (Å²) < 4.78 is 16.1. The van der Waals surface area contributed by atoms with E-state index in [4.69, 9.17) is 21.1 Å². The molecule has 310 valence electrons. The summed E-state index contributed by atoms with van der Waals surface area (Å²) in [4.78, 5) is 30.5. The summed E-state index contributed by atoms with van der Waals surface area (Å²) in [6.07, 6.45) is 3.85. The Morgan fingerprint density at radius 2 is 1.67 bits per heavy atom. The monoisotopic (exact) mass is 850 g/mol. The lowest BCUT2D eigenvalue weighted by molar-refractivity contribution is -0.146. The minimum atomic E-state index is -2.42. The minimum Gasteiger partial charge on any atom is -0.497 e. The molecule has 0 radical (unpaired) electrons. The summed E-state index contributed by atoms with van der Waals surface area (Å²) in [5.74, 6) is 0.132. The summed E-state index contributed by atoms with van der Waals surface area (Å²) in [6.45, 7) is 7.58. The topological polar surface area (TPSA) is 125 Å². The van der Waals surface area contributed by atoms with Crippen LogP contribution in [-0.4, -0.2) is 63.7 Å². The molecule has 0 bridgehead atoms. The zero-order valence-electron chi connectivity index (χ0n) is 34.5. The SMILES string of the molecule is COc1ccc([Si](C)(C)[C@@H]2[C@@H](CCn3cc(C(CO)c4ccccc4)nn3)O[C@]3(C(=O)N(Cc4ccc(-n5ncc6ccccc6c5=O)cc4)c4ccc(Cl)cc43)[C@H]2C)cc1. The second-order valence-corrected chi connectivity index (χ2v) is 21.8. The predicted molar refractivity (Wildman–Crippen MR) is 240 cm³/mol. The van der Waals surface area contributed by atoms with Gasteiger partial charge >= 0.3 is 0 Å². The maximum atomic E-state index is 15.4. The van der Waals surface area contributed by atoms with Crippen molar-refractivity contribution in [1.82, 2.24) is 24.8 Å². The summed E-state index contributed by atoms with van der Waals surface area (Å²) in [7, 11) is -0.753. The van der Waals surface area contributed by atoms with Crippen LogP contribution in [0.5, 0.6) is 5.75 Å². The molecule has 1 fully saturated rings. The molecule has 0 saturated carbocycles. The Morgan fingerprint density at radius 1 is 0.934 bits per heavy atom. The van der Waals surface area contributed by atoms with E-state index in [9.17, 15) is 9.90 Å². The van der Waals surface area contributed by atoms with Gasteiger partial charge in [0.25, 0.3) is 11.5 Å². The number of benzene rings is 5. The molecule has 2 aliphatic rings. The second kappa shape index (κ2) is 16.2. The van der Waals surface area contributed by atoms with Crippen molar-refractivity contribution in [2.45, 2.75) is 62.7 Å². The molecule has 1 N–H and O–H groups in total. The van der Waals surface area contributed by atoms with Crippen LogP contribution in [0.3, 0.4) is 0 Å². The fourth-order valence-electron chi connectivity index (χ4n) is 9.81. The van der Waals surface area contributed by atoms with Gasteiger partial charge in [-0.15, -0.1) is 5.10 Å². The molecule has 9 rings (SSSR count). The number of aromatic nitrogens is 5. The van der Waals surface area contributed by atoms with Gasteiger partial charge in [-0.25, -0.2) is 0 Å². The van der Waals surface area contributed by atoms with Crippen molar-refractivity contribution < 1.29 is 19.4 Å². The number of aliphatic hydroxyl groups is 1. The molecule has 5 atom stereocenters. The first-order chi connectivity index (χ1) is 29.5. The minimum absolute atomic E-state index is 0.00109. The lowest BCUT2D eigenvalue weighted by atomic mass is 9.82. The first-order valence-corrected chi connectivity index (χ1v) is 24.1. The van der Waals surface area contributed by atoms with E-state index in [1.165, 1.54) is 9.87 Å². The summed E-state index contributed by atoms with van der Waals surface area (Å²) >= 11 is 6.77. The zero-order valence-corrected chi connectivity index (χ0v) is 36.2. The van der Waals surface area contributed by atoms with Crippen LogP contribution in [0, 0.1) is 5.92 Å². The van der Waals surface area contributed by atoms with Crippen molar-refractivity contribution in [2.75, 3.05) is 18.6 Å². The molecule has 1 spiro atoms. The second-order valence-electron chi connectivity index (χ2n) is 16.7. The van der Waals surface area contributed by atoms with Crippen molar-refractivity contribution in [3.05, 3.63) is 171 Å². The highest BCUT2D eigenvalue weighted by atomic mass is 35.5. The van der Waals surface area contributed by atoms with Gasteiger partial charge < -0.3 is 19.5 Å². The number of anilines is 1. The third-order valence-corrected chi connectivity index (χ3v) is 17.6. The molecule has 7 aromatic rings. The van der Waals surface area contributed by atoms with Crippen molar-refractivity contribution in [2.24, 2.45) is 5.92 Å². The molecule has 13 heteroatoms. The Balaban J connectivity index is 1.05. The van der Waals surface area contributed by atoms with E-state index in [-0.39, 0.29) is 48.1 Å². The lowest BCUT2D eigenvalue weighted by Gasteiger charge is -2.37. The number of nitrogens with zero attached hydrogens (tertiary/aromatic N) is 6. The number of hydrogen-bond donors (Lipinski definition) is 1. The van der Waals surface area contributed by atoms with Crippen molar-refractivity contribution in [3.63, 3.8) is 0 Å². The quantitative estimate of drug-likeness (QED) is 0.125. The van der Waals surface area contributed by atoms with Gasteiger partial charge in [-0.1, -0.05) is 115 Å². The Kier molecular flexibility index (Phi) is 10.7. The first kappa shape index (κ1) is 40.5. The first-order valence-electron chi connectivity index (χ1n) is 20.6. The van der Waals surface area contributed by atoms with Crippen LogP contribution in [0.4, 0.5) is 5.69 Å². The van der Waals surface area contributed by atoms with E-state index in [1.54, 1.807) is 19.4 Å². The van der Waals surface area contributed by atoms with Gasteiger partial charge in [-0.3, -0.25) is 14.3 Å². The smallest absolute Gasteiger partial charge is 0.279 e. The average Bonchev–Trinajstić information content (AvgIpc) is 3.94. The maximum Gasteiger partial charge on any atom is 0.279 e. The Hall–Kier alpha value is -5.92. The van der Waals surface area contributed by atoms with Crippen molar-refractivity contribution in [3.8, 4) is 11.4 Å². The van der Waals surface area contributed by atoms with Gasteiger partial charge in [0.2, 0.25) is 0 Å². The fraction of sp³-hybridized carbons (Fsp3) is 0.271. The largest absolute Gasteiger partial charge is 0.497 e. The average molecular weight is 851 g/mol. The maximum absolute atomic E-state index is 15.4. The van der Waals surface area contributed by atoms with E-state index >= 15 is 4.79 Å². The number of halogens is 1. The van der Waals surface area contributed by atoms with Crippen LogP contribution in [-0.2, 0) is 28.2 Å². The third kappa shape index (κ3) is 7.07. The molecule has 2 aliphatic heterocycles. The molecule has 5 aromatic carbocycles. The number of aliphatic hydroxyl groups excluding tert-OH is 1. The lowest BCUT2D eigenvalue weighted by Crippen LogP contribution is -2.51. The standard InChI is InChI=1S/C48H47ClN6O5Si/c1-31-45(61(3,4)38-21-19-37(59-2)20-22-38)44(24-25-53-29-42(51-52-53)40(30-56)33-10-6-5-7-11-33)60-48(31)41-26-35(49)16-23-43(41)54(47(48)58)28-32-14-17-36(18-15-32)55-46(57)39-13-9-8-12-34(39)27-50-55/h5-23,26-27,29,31,40,44-45,56H,24-25,28,30H2,1-4H3/t31-,40?,44+,45-,48+/m0/s1. The number of carbonyl (C=O) groups is 1. The highest BCUT2D eigenvalue weighted by Gasteiger charge is 2.66. The highest BCUT2D eigenvalue weighted by molar-refractivity contribution is 6.91. The Labute approximate surface area is 360 Å². The van der Waals surface area contributed by atoms with Gasteiger partial charge in [-0.05, 0) is 71.6 Å². The molecule has 1 amide bonds. The zero-order chi connectivity index (χ0) is 42.5. The molecule has 1 unspecified atom stereocenters. The summed E-state index contributed by atoms with van der Waals surface area (Å²) in [5.41, 5.74) is 3.21. The number of ether oxygens (including phenoxy) is 2. The molecular formula is C48H47ClN6O5Si. The van der Waals surface area contributed by atoms with E-state index in [2.05, 4.69) is 47.6 Å². The van der Waals surface area contributed by atoms with Gasteiger partial charge in [0.1, 0.15) is 5.75 Å². The number of methoxy groups -OCH3 is 1. The van der Waals surface area contributed by atoms with E-state index in [0.717, 1.165) is 33.5 Å². The van der Waals surface area contributed by atoms with E-state index in [0.29, 0.717) is 34.8 Å². The predicted octanol–water partition coefficient (Wildman–Crippen LogP) is 7.62. The highest BCUT2D eigenvalue weighted by Crippen LogP contribution is 2.60. The number of carbonyl (C=O) groups excluding carboxylic acids is 1. The van der Waals surface area contributed by atoms with Gasteiger partial charge in [0.05, 0.1) is 69.0 Å². The van der Waals surface area contributed by atoms with Gasteiger partial charge in [-0.2, -0.15) is 9.78 Å². The third-order valence-electron chi connectivity index (χ3n) is 13.0. The summed E-state index contributed by atoms with van der Waals surface area (Å²) in [6, 6.07) is 38.8. The van der Waals surface area contributed by atoms with E-state index in [1.807, 2.05) is 119 Å². The van der Waals surface area contributed by atoms with Crippen LogP contribution in [0.15, 0.2) is 139 Å². The summed E-state index contributed by atoms with van der Waals surface area (Å²) in [5, 5.41) is 26.9. The van der Waals surface area contributed by atoms with Gasteiger partial charge in [0, 0.05) is 34.6 Å². The molecule has 1 saturated heterocycles. The van der Waals surface area contributed by atoms with Crippen LogP contribution >= 0.6 is 11.6 Å². The number of fused-ring (bicyclic) bond motifs is 3. The number of rotatable bonds is 12. The van der Waals surface area contributed by atoms with Crippen LogP contribution in [0.1, 0.15) is 41.6 Å². The molecular weight excluding hydrogens is 804 g/mol. The molecule has 61 heavy (non-hydrogen) atoms. The fourth-order valence-corrected chi connectivity index (χ4v) is 14.0. The molecule has 11 nitrogen and oxygen atoms in total. The van der Waals surface area contributed by atoms with Crippen molar-refractivity contribution in [1.29, 1.82) is 0 Å². The number of aryl methyl sites for hydroxylation is 1. The molecule has 2 aromatic heterocycles. The number of amides is 1. The van der Waals surface area contributed by atoms with E-state index < -0.39 is 13.7 Å². The Morgan fingerprint density at radius 3 is 2.41 bits per heavy atom. The van der Waals surface area contributed by atoms with Gasteiger partial charge in [0.15, 0.2) is 5.60 Å². The van der Waals surface area contributed by atoms with Crippen LogP contribution < -0.4 is 20.4 Å². The normalized spacial score (nSPS) is 20.4. The molecule has 4 heterocycles. The van der Waals surface area contributed by atoms with Crippen LogP contribution in [0.2, 0.25) is 23.7 Å². The molecule has 0 aliphatic carbocycles. The Bertz CT molecular complexity index is 2780.